The molecule has 1 unspecified atom stereocenters. The Hall–Kier alpha value is -2.05. The first-order chi connectivity index (χ1) is 14.0. The zero-order valence-electron chi connectivity index (χ0n) is 15.4. The second-order valence-corrected chi connectivity index (χ2v) is 9.89. The molecule has 0 amide bonds. The second kappa shape index (κ2) is 8.36. The number of methoxy groups -OCH3 is 1. The van der Waals surface area contributed by atoms with Crippen LogP contribution in [0.15, 0.2) is 34.0 Å². The highest BCUT2D eigenvalue weighted by Crippen LogP contribution is 2.39. The van der Waals surface area contributed by atoms with E-state index < -0.39 is 16.1 Å². The van der Waals surface area contributed by atoms with Crippen LogP contribution in [0.4, 0.5) is 11.6 Å². The zero-order chi connectivity index (χ0) is 20.4. The van der Waals surface area contributed by atoms with Crippen LogP contribution in [0.2, 0.25) is 5.02 Å². The van der Waals surface area contributed by atoms with Crippen LogP contribution in [0.5, 0.6) is 0 Å². The van der Waals surface area contributed by atoms with E-state index in [1.165, 1.54) is 19.4 Å². The summed E-state index contributed by atoms with van der Waals surface area (Å²) in [6.45, 7) is 0.0555. The van der Waals surface area contributed by atoms with E-state index in [1.807, 2.05) is 6.07 Å². The Balaban J connectivity index is 1.57. The zero-order valence-corrected chi connectivity index (χ0v) is 17.8. The van der Waals surface area contributed by atoms with Gasteiger partial charge in [0.05, 0.1) is 12.8 Å². The smallest absolute Gasteiger partial charge is 0.250 e. The van der Waals surface area contributed by atoms with Crippen molar-refractivity contribution in [3.8, 4) is 0 Å². The van der Waals surface area contributed by atoms with E-state index in [0.717, 1.165) is 29.9 Å². The number of aromatic nitrogens is 4. The fraction of sp³-hybridized carbons (Fsp3) is 0.353. The van der Waals surface area contributed by atoms with Gasteiger partial charge in [-0.15, -0.1) is 11.3 Å². The summed E-state index contributed by atoms with van der Waals surface area (Å²) in [6.07, 6.45) is 3.73. The summed E-state index contributed by atoms with van der Waals surface area (Å²) in [5.74, 6) is 1.69. The summed E-state index contributed by atoms with van der Waals surface area (Å²) < 4.78 is 33.2. The highest BCUT2D eigenvalue weighted by atomic mass is 35.5. The molecule has 0 spiro atoms. The van der Waals surface area contributed by atoms with Crippen LogP contribution in [0.1, 0.15) is 36.3 Å². The van der Waals surface area contributed by atoms with Crippen LogP contribution in [0.25, 0.3) is 0 Å². The van der Waals surface area contributed by atoms with E-state index in [1.54, 1.807) is 11.4 Å². The molecule has 1 atom stereocenters. The average Bonchev–Trinajstić information content (AvgIpc) is 3.18. The van der Waals surface area contributed by atoms with Crippen LogP contribution < -0.4 is 10.0 Å². The van der Waals surface area contributed by atoms with Gasteiger partial charge in [0.15, 0.2) is 17.5 Å². The van der Waals surface area contributed by atoms with Gasteiger partial charge in [0.1, 0.15) is 15.3 Å². The molecule has 0 radical (unpaired) electrons. The number of nitrogens with one attached hydrogen (secondary N) is 3. The maximum absolute atomic E-state index is 12.6. The largest absolute Gasteiger partial charge is 0.383 e. The summed E-state index contributed by atoms with van der Waals surface area (Å²) in [6, 6.07) is 4.33. The molecule has 154 valence electrons. The Morgan fingerprint density at radius 3 is 2.97 bits per heavy atom. The number of H-pyrrole nitrogens is 1. The Morgan fingerprint density at radius 2 is 2.28 bits per heavy atom. The van der Waals surface area contributed by atoms with Gasteiger partial charge in [-0.05, 0) is 24.3 Å². The van der Waals surface area contributed by atoms with Crippen molar-refractivity contribution < 1.29 is 13.2 Å². The number of nitrogens with zero attached hydrogens (tertiary/aromatic N) is 3. The van der Waals surface area contributed by atoms with Crippen molar-refractivity contribution in [2.24, 2.45) is 0 Å². The summed E-state index contributed by atoms with van der Waals surface area (Å²) in [4.78, 5) is 8.60. The molecule has 4 rings (SSSR count). The molecular formula is C17H19ClN6O3S2. The molecule has 1 aliphatic carbocycles. The molecule has 12 heteroatoms. The van der Waals surface area contributed by atoms with Crippen molar-refractivity contribution in [2.45, 2.75) is 29.0 Å². The molecule has 1 aliphatic rings. The molecule has 3 heterocycles. The van der Waals surface area contributed by atoms with E-state index in [2.05, 4.69) is 30.2 Å². The van der Waals surface area contributed by atoms with Gasteiger partial charge in [0, 0.05) is 24.8 Å². The maximum atomic E-state index is 12.6. The monoisotopic (exact) mass is 454 g/mol. The van der Waals surface area contributed by atoms with Gasteiger partial charge >= 0.3 is 0 Å². The van der Waals surface area contributed by atoms with Crippen molar-refractivity contribution in [3.63, 3.8) is 0 Å². The third-order valence-electron chi connectivity index (χ3n) is 4.33. The number of hydrogen-bond acceptors (Lipinski definition) is 8. The molecule has 3 aromatic heterocycles. The first kappa shape index (κ1) is 20.2. The minimum Gasteiger partial charge on any atom is -0.383 e. The number of halogens is 1. The summed E-state index contributed by atoms with van der Waals surface area (Å²) >= 11 is 7.36. The highest BCUT2D eigenvalue weighted by molar-refractivity contribution is 7.91. The predicted molar refractivity (Wildman–Crippen MR) is 110 cm³/mol. The third kappa shape index (κ3) is 4.75. The van der Waals surface area contributed by atoms with Crippen molar-refractivity contribution in [1.82, 2.24) is 24.9 Å². The number of rotatable bonds is 9. The molecule has 1 saturated carbocycles. The molecule has 0 saturated heterocycles. The third-order valence-corrected chi connectivity index (χ3v) is 7.47. The van der Waals surface area contributed by atoms with Crippen molar-refractivity contribution in [3.05, 3.63) is 46.3 Å². The van der Waals surface area contributed by atoms with Gasteiger partial charge in [-0.3, -0.25) is 5.10 Å². The Labute approximate surface area is 176 Å². The van der Waals surface area contributed by atoms with Gasteiger partial charge < -0.3 is 10.1 Å². The van der Waals surface area contributed by atoms with Crippen molar-refractivity contribution >= 4 is 44.6 Å². The first-order valence-corrected chi connectivity index (χ1v) is 11.6. The maximum Gasteiger partial charge on any atom is 0.250 e. The lowest BCUT2D eigenvalue weighted by Gasteiger charge is -2.17. The number of sulfonamides is 1. The lowest BCUT2D eigenvalue weighted by Crippen LogP contribution is -2.32. The number of thiophene rings is 1. The normalized spacial score (nSPS) is 15.4. The van der Waals surface area contributed by atoms with E-state index in [4.69, 9.17) is 16.3 Å². The van der Waals surface area contributed by atoms with Gasteiger partial charge in [0.2, 0.25) is 0 Å². The van der Waals surface area contributed by atoms with E-state index in [0.29, 0.717) is 22.6 Å². The molecule has 0 bridgehead atoms. The SMILES string of the molecule is COCC(NS(=O)(=O)c1cccs1)c1ncc(Cl)c(Nc2cc(C3CC3)[nH]n2)n1. The van der Waals surface area contributed by atoms with E-state index in [-0.39, 0.29) is 16.6 Å². The van der Waals surface area contributed by atoms with Crippen LogP contribution in [-0.4, -0.2) is 42.3 Å². The quantitative estimate of drug-likeness (QED) is 0.453. The topological polar surface area (TPSA) is 122 Å². The molecular weight excluding hydrogens is 436 g/mol. The number of ether oxygens (including phenoxy) is 1. The minimum absolute atomic E-state index is 0.0555. The number of hydrogen-bond donors (Lipinski definition) is 3. The van der Waals surface area contributed by atoms with Gasteiger partial charge in [-0.1, -0.05) is 17.7 Å². The molecule has 0 aliphatic heterocycles. The van der Waals surface area contributed by atoms with Crippen LogP contribution in [0, 0.1) is 0 Å². The van der Waals surface area contributed by atoms with Crippen LogP contribution in [-0.2, 0) is 14.8 Å². The molecule has 29 heavy (non-hydrogen) atoms. The molecule has 3 N–H and O–H groups in total. The summed E-state index contributed by atoms with van der Waals surface area (Å²) in [5, 5.41) is 12.3. The van der Waals surface area contributed by atoms with Gasteiger partial charge in [-0.25, -0.2) is 18.4 Å². The standard InChI is InChI=1S/C17H19ClN6O3S2/c1-27-9-13(24-29(25,26)15-3-2-6-28-15)17-19-8-11(18)16(21-17)20-14-7-12(22-23-14)10-4-5-10/h2-3,6-8,10,13,24H,4-5,9H2,1H3,(H2,19,20,21,22,23). The first-order valence-electron chi connectivity index (χ1n) is 8.86. The van der Waals surface area contributed by atoms with Crippen molar-refractivity contribution in [1.29, 1.82) is 0 Å². The fourth-order valence-corrected chi connectivity index (χ4v) is 5.08. The highest BCUT2D eigenvalue weighted by Gasteiger charge is 2.27. The van der Waals surface area contributed by atoms with Crippen LogP contribution >= 0.6 is 22.9 Å². The van der Waals surface area contributed by atoms with Crippen LogP contribution in [0.3, 0.4) is 0 Å². The minimum atomic E-state index is -3.73. The average molecular weight is 455 g/mol. The van der Waals surface area contributed by atoms with Crippen molar-refractivity contribution in [2.75, 3.05) is 19.0 Å². The Morgan fingerprint density at radius 1 is 1.45 bits per heavy atom. The lowest BCUT2D eigenvalue weighted by molar-refractivity contribution is 0.172. The molecule has 0 aromatic carbocycles. The Kier molecular flexibility index (Phi) is 5.83. The van der Waals surface area contributed by atoms with E-state index in [9.17, 15) is 8.42 Å². The molecule has 3 aromatic rings. The lowest BCUT2D eigenvalue weighted by atomic mass is 10.3. The number of anilines is 2. The van der Waals surface area contributed by atoms with Gasteiger partial charge in [-0.2, -0.15) is 9.82 Å². The second-order valence-electron chi connectivity index (χ2n) is 6.59. The summed E-state index contributed by atoms with van der Waals surface area (Å²) in [7, 11) is -2.25. The molecule has 9 nitrogen and oxygen atoms in total. The summed E-state index contributed by atoms with van der Waals surface area (Å²) in [5.41, 5.74) is 1.07. The van der Waals surface area contributed by atoms with E-state index >= 15 is 0 Å². The number of aromatic amines is 1. The fourth-order valence-electron chi connectivity index (χ4n) is 2.75. The van der Waals surface area contributed by atoms with Gasteiger partial charge in [0.25, 0.3) is 10.0 Å². The predicted octanol–water partition coefficient (Wildman–Crippen LogP) is 3.20. The Bertz CT molecular complexity index is 1080. The molecule has 1 fully saturated rings.